The number of fused-ring (bicyclic) bond motifs is 1. The number of H-pyrrole nitrogens is 1. The van der Waals surface area contributed by atoms with Gasteiger partial charge in [0.15, 0.2) is 25.3 Å². The molecule has 1 saturated heterocycles. The summed E-state index contributed by atoms with van der Waals surface area (Å²) in [7, 11) is 0. The zero-order valence-electron chi connectivity index (χ0n) is 18.1. The number of nitrogens with zero attached hydrogens (tertiary/aromatic N) is 3. The van der Waals surface area contributed by atoms with Crippen LogP contribution in [0.3, 0.4) is 0 Å². The normalized spacial score (nSPS) is 15.1. The van der Waals surface area contributed by atoms with E-state index in [1.807, 2.05) is 0 Å². The lowest BCUT2D eigenvalue weighted by Gasteiger charge is -2.16. The van der Waals surface area contributed by atoms with Gasteiger partial charge >= 0.3 is 12.4 Å². The van der Waals surface area contributed by atoms with Crippen LogP contribution in [0, 0.1) is 6.92 Å². The fourth-order valence-corrected chi connectivity index (χ4v) is 3.23. The number of halogens is 6. The third-order valence-electron chi connectivity index (χ3n) is 4.70. The number of aromatic amines is 1. The van der Waals surface area contributed by atoms with Crippen LogP contribution < -0.4 is 14.8 Å². The first-order valence-corrected chi connectivity index (χ1v) is 10.2. The highest BCUT2D eigenvalue weighted by Crippen LogP contribution is 2.35. The lowest BCUT2D eigenvalue weighted by atomic mass is 10.1. The number of alkyl halides is 6. The summed E-state index contributed by atoms with van der Waals surface area (Å²) in [5.41, 5.74) is 0.699. The van der Waals surface area contributed by atoms with Crippen molar-refractivity contribution < 1.29 is 45.3 Å². The standard InChI is InChI=1S/C20H19F6N5O4/c1-10-4-13(17-29-18(31-30-17)27-7-15-32-2-3-33-15)28-16-12(10)5-11(34-8-19(21,22)23)6-14(16)35-9-20(24,25)26/h4-6,15H,2-3,7-9H2,1H3,(H2,27,29,30,31). The summed E-state index contributed by atoms with van der Waals surface area (Å²) < 4.78 is 96.3. The number of hydrogen-bond donors (Lipinski definition) is 2. The molecule has 0 bridgehead atoms. The van der Waals surface area contributed by atoms with E-state index in [0.717, 1.165) is 6.07 Å². The van der Waals surface area contributed by atoms with Gasteiger partial charge in [0.25, 0.3) is 0 Å². The number of ether oxygens (including phenoxy) is 4. The summed E-state index contributed by atoms with van der Waals surface area (Å²) in [4.78, 5) is 8.58. The van der Waals surface area contributed by atoms with Gasteiger partial charge in [-0.1, -0.05) is 0 Å². The lowest BCUT2D eigenvalue weighted by Crippen LogP contribution is -2.20. The summed E-state index contributed by atoms with van der Waals surface area (Å²) in [6.45, 7) is -0.429. The molecule has 190 valence electrons. The number of anilines is 1. The van der Waals surface area contributed by atoms with Crippen molar-refractivity contribution >= 4 is 16.9 Å². The molecule has 3 aromatic rings. The Labute approximate surface area is 193 Å². The number of nitrogens with one attached hydrogen (secondary N) is 2. The van der Waals surface area contributed by atoms with Crippen LogP contribution in [0.1, 0.15) is 5.56 Å². The number of hydrogen-bond acceptors (Lipinski definition) is 8. The first kappa shape index (κ1) is 24.8. The number of aryl methyl sites for hydroxylation is 1. The maximum atomic E-state index is 12.8. The summed E-state index contributed by atoms with van der Waals surface area (Å²) in [5.74, 6) is -0.296. The molecule has 15 heteroatoms. The number of pyridine rings is 1. The molecule has 0 atom stereocenters. The monoisotopic (exact) mass is 507 g/mol. The van der Waals surface area contributed by atoms with E-state index in [4.69, 9.17) is 18.9 Å². The first-order chi connectivity index (χ1) is 16.5. The van der Waals surface area contributed by atoms with Gasteiger partial charge in [-0.3, -0.25) is 5.10 Å². The van der Waals surface area contributed by atoms with E-state index in [2.05, 4.69) is 25.5 Å². The van der Waals surface area contributed by atoms with Crippen LogP contribution in [0.5, 0.6) is 11.5 Å². The highest BCUT2D eigenvalue weighted by molar-refractivity contribution is 5.90. The van der Waals surface area contributed by atoms with Gasteiger partial charge in [-0.15, -0.1) is 5.10 Å². The van der Waals surface area contributed by atoms with Crippen molar-refractivity contribution in [2.45, 2.75) is 25.6 Å². The maximum Gasteiger partial charge on any atom is 0.422 e. The van der Waals surface area contributed by atoms with Gasteiger partial charge in [0.2, 0.25) is 5.95 Å². The minimum absolute atomic E-state index is 0.0118. The molecular weight excluding hydrogens is 488 g/mol. The van der Waals surface area contributed by atoms with Crippen molar-refractivity contribution in [3.8, 4) is 23.0 Å². The first-order valence-electron chi connectivity index (χ1n) is 10.2. The Kier molecular flexibility index (Phi) is 6.89. The average Bonchev–Trinajstić information content (AvgIpc) is 3.46. The smallest absolute Gasteiger partial charge is 0.422 e. The summed E-state index contributed by atoms with van der Waals surface area (Å²) in [6, 6.07) is 3.74. The topological polar surface area (TPSA) is 103 Å². The van der Waals surface area contributed by atoms with Gasteiger partial charge in [0.1, 0.15) is 22.7 Å². The predicted octanol–water partition coefficient (Wildman–Crippen LogP) is 4.00. The van der Waals surface area contributed by atoms with Gasteiger partial charge < -0.3 is 24.3 Å². The van der Waals surface area contributed by atoms with Gasteiger partial charge in [0.05, 0.1) is 19.8 Å². The van der Waals surface area contributed by atoms with E-state index in [0.29, 0.717) is 18.8 Å². The molecule has 2 aromatic heterocycles. The van der Waals surface area contributed by atoms with Gasteiger partial charge in [0, 0.05) is 11.5 Å². The molecule has 0 radical (unpaired) electrons. The van der Waals surface area contributed by atoms with Crippen LogP contribution >= 0.6 is 0 Å². The summed E-state index contributed by atoms with van der Waals surface area (Å²) >= 11 is 0. The predicted molar refractivity (Wildman–Crippen MR) is 109 cm³/mol. The third-order valence-corrected chi connectivity index (χ3v) is 4.70. The molecule has 0 saturated carbocycles. The van der Waals surface area contributed by atoms with E-state index in [9.17, 15) is 26.3 Å². The number of aromatic nitrogens is 4. The molecule has 1 aliphatic rings. The van der Waals surface area contributed by atoms with Crippen LogP contribution in [0.25, 0.3) is 22.4 Å². The Morgan fingerprint density at radius 1 is 1.00 bits per heavy atom. The average molecular weight is 507 g/mol. The van der Waals surface area contributed by atoms with Crippen LogP contribution in [-0.4, -0.2) is 71.8 Å². The molecular formula is C20H19F6N5O4. The molecule has 3 heterocycles. The second-order valence-electron chi connectivity index (χ2n) is 7.51. The highest BCUT2D eigenvalue weighted by atomic mass is 19.4. The van der Waals surface area contributed by atoms with Crippen molar-refractivity contribution in [1.29, 1.82) is 0 Å². The number of rotatable bonds is 8. The molecule has 1 aromatic carbocycles. The van der Waals surface area contributed by atoms with Gasteiger partial charge in [-0.25, -0.2) is 4.98 Å². The molecule has 0 unspecified atom stereocenters. The second kappa shape index (κ2) is 9.73. The van der Waals surface area contributed by atoms with E-state index < -0.39 is 37.6 Å². The molecule has 2 N–H and O–H groups in total. The highest BCUT2D eigenvalue weighted by Gasteiger charge is 2.30. The van der Waals surface area contributed by atoms with Crippen LogP contribution in [0.2, 0.25) is 0 Å². The Morgan fingerprint density at radius 2 is 1.69 bits per heavy atom. The van der Waals surface area contributed by atoms with Gasteiger partial charge in [-0.2, -0.15) is 31.3 Å². The molecule has 1 aliphatic heterocycles. The van der Waals surface area contributed by atoms with E-state index in [1.54, 1.807) is 13.0 Å². The minimum atomic E-state index is -4.68. The zero-order valence-corrected chi connectivity index (χ0v) is 18.1. The zero-order chi connectivity index (χ0) is 25.2. The Bertz CT molecular complexity index is 1180. The molecule has 35 heavy (non-hydrogen) atoms. The van der Waals surface area contributed by atoms with Crippen LogP contribution in [0.15, 0.2) is 18.2 Å². The van der Waals surface area contributed by atoms with E-state index >= 15 is 0 Å². The van der Waals surface area contributed by atoms with Crippen LogP contribution in [0.4, 0.5) is 32.3 Å². The second-order valence-corrected chi connectivity index (χ2v) is 7.51. The molecule has 0 spiro atoms. The minimum Gasteiger partial charge on any atom is -0.484 e. The van der Waals surface area contributed by atoms with E-state index in [1.165, 1.54) is 6.07 Å². The van der Waals surface area contributed by atoms with Crippen LogP contribution in [-0.2, 0) is 9.47 Å². The van der Waals surface area contributed by atoms with E-state index in [-0.39, 0.29) is 40.7 Å². The Morgan fingerprint density at radius 3 is 2.37 bits per heavy atom. The van der Waals surface area contributed by atoms with Crippen molar-refractivity contribution in [1.82, 2.24) is 20.2 Å². The van der Waals surface area contributed by atoms with Crippen molar-refractivity contribution in [2.75, 3.05) is 38.3 Å². The molecule has 4 rings (SSSR count). The molecule has 0 amide bonds. The van der Waals surface area contributed by atoms with Gasteiger partial charge in [-0.05, 0) is 24.6 Å². The van der Waals surface area contributed by atoms with Crippen molar-refractivity contribution in [3.05, 3.63) is 23.8 Å². The third kappa shape index (κ3) is 6.63. The summed E-state index contributed by atoms with van der Waals surface area (Å²) in [6.07, 6.45) is -9.76. The Hall–Kier alpha value is -3.33. The molecule has 1 fully saturated rings. The fourth-order valence-electron chi connectivity index (χ4n) is 3.23. The largest absolute Gasteiger partial charge is 0.484 e. The van der Waals surface area contributed by atoms with Crippen molar-refractivity contribution in [3.63, 3.8) is 0 Å². The maximum absolute atomic E-state index is 12.8. The number of benzene rings is 1. The molecule has 9 nitrogen and oxygen atoms in total. The fraction of sp³-hybridized carbons (Fsp3) is 0.450. The Balaban J connectivity index is 1.64. The SMILES string of the molecule is Cc1cc(-c2nc(NCC3OCCO3)n[nH]2)nc2c(OCC(F)(F)F)cc(OCC(F)(F)F)cc12. The molecule has 0 aliphatic carbocycles. The quantitative estimate of drug-likeness (QED) is 0.442. The van der Waals surface area contributed by atoms with Crippen molar-refractivity contribution in [2.24, 2.45) is 0 Å². The lowest BCUT2D eigenvalue weighted by molar-refractivity contribution is -0.153. The summed E-state index contributed by atoms with van der Waals surface area (Å²) in [5, 5.41) is 9.86.